The summed E-state index contributed by atoms with van der Waals surface area (Å²) >= 11 is 1.61. The number of carbonyl (C=O) groups excluding carboxylic acids is 1. The van der Waals surface area contributed by atoms with Crippen LogP contribution in [-0.4, -0.2) is 22.5 Å². The Morgan fingerprint density at radius 2 is 1.82 bits per heavy atom. The topological polar surface area (TPSA) is 73.3 Å². The molecule has 7 heteroatoms. The fourth-order valence-electron chi connectivity index (χ4n) is 3.41. The predicted octanol–water partition coefficient (Wildman–Crippen LogP) is 6.80. The van der Waals surface area contributed by atoms with Crippen molar-refractivity contribution < 1.29 is 14.3 Å². The normalized spacial score (nSPS) is 10.7. The van der Waals surface area contributed by atoms with Gasteiger partial charge in [-0.05, 0) is 73.7 Å². The Morgan fingerprint density at radius 3 is 2.62 bits per heavy atom. The molecule has 1 amide bonds. The summed E-state index contributed by atoms with van der Waals surface area (Å²) < 4.78 is 12.4. The van der Waals surface area contributed by atoms with Crippen molar-refractivity contribution in [2.24, 2.45) is 0 Å². The lowest BCUT2D eigenvalue weighted by Gasteiger charge is -2.08. The number of fused-ring (bicyclic) bond motifs is 1. The molecule has 2 aromatic heterocycles. The number of aromatic nitrogens is 2. The fourth-order valence-corrected chi connectivity index (χ4v) is 4.41. The first-order valence-corrected chi connectivity index (χ1v) is 11.6. The van der Waals surface area contributed by atoms with E-state index in [0.717, 1.165) is 26.5 Å². The van der Waals surface area contributed by atoms with Crippen LogP contribution in [0.3, 0.4) is 0 Å². The monoisotopic (exact) mass is 467 g/mol. The van der Waals surface area contributed by atoms with Crippen molar-refractivity contribution in [1.29, 1.82) is 0 Å². The maximum atomic E-state index is 12.8. The Morgan fingerprint density at radius 1 is 0.941 bits per heavy atom. The molecule has 0 spiro atoms. The van der Waals surface area contributed by atoms with Gasteiger partial charge in [0.05, 0.1) is 16.8 Å². The number of nitrogens with one attached hydrogen (secondary N) is 1. The van der Waals surface area contributed by atoms with Crippen molar-refractivity contribution in [2.75, 3.05) is 11.9 Å². The minimum atomic E-state index is -0.220. The zero-order valence-electron chi connectivity index (χ0n) is 18.4. The van der Waals surface area contributed by atoms with Crippen molar-refractivity contribution in [2.45, 2.75) is 6.92 Å². The lowest BCUT2D eigenvalue weighted by molar-refractivity contribution is 0.102. The maximum Gasteiger partial charge on any atom is 0.255 e. The molecule has 168 valence electrons. The fraction of sp³-hybridized carbons (Fsp3) is 0.0741. The Hall–Kier alpha value is -4.23. The number of hydrogen-bond acceptors (Lipinski definition) is 6. The number of anilines is 1. The van der Waals surface area contributed by atoms with Gasteiger partial charge in [-0.3, -0.25) is 4.79 Å². The van der Waals surface area contributed by atoms with Crippen molar-refractivity contribution in [1.82, 2.24) is 9.97 Å². The summed E-state index contributed by atoms with van der Waals surface area (Å²) in [6.07, 6.45) is 1.65. The number of ether oxygens (including phenoxy) is 2. The summed E-state index contributed by atoms with van der Waals surface area (Å²) in [5, 5.41) is 3.85. The van der Waals surface area contributed by atoms with Gasteiger partial charge in [0, 0.05) is 29.1 Å². The molecule has 0 unspecified atom stereocenters. The first kappa shape index (κ1) is 21.6. The molecule has 2 heterocycles. The number of amides is 1. The van der Waals surface area contributed by atoms with Crippen LogP contribution in [0.25, 0.3) is 20.8 Å². The molecule has 6 nitrogen and oxygen atoms in total. The average molecular weight is 468 g/mol. The molecule has 0 bridgehead atoms. The Labute approximate surface area is 200 Å². The molecule has 1 N–H and O–H groups in total. The van der Waals surface area contributed by atoms with Gasteiger partial charge in [-0.2, -0.15) is 0 Å². The standard InChI is InChI=1S/C27H21N3O3S/c1-2-32-21-13-14-23-24(17-21)34-27(30-23)18-9-11-20(12-10-18)29-26(31)19-6-5-7-22(16-19)33-25-8-3-4-15-28-25/h3-17H,2H2,1H3,(H,29,31). The summed E-state index contributed by atoms with van der Waals surface area (Å²) in [7, 11) is 0. The van der Waals surface area contributed by atoms with Crippen LogP contribution in [-0.2, 0) is 0 Å². The summed E-state index contributed by atoms with van der Waals surface area (Å²) in [6.45, 7) is 2.60. The highest BCUT2D eigenvalue weighted by Gasteiger charge is 2.10. The highest BCUT2D eigenvalue weighted by Crippen LogP contribution is 2.33. The van der Waals surface area contributed by atoms with E-state index in [1.807, 2.05) is 61.5 Å². The molecular weight excluding hydrogens is 446 g/mol. The van der Waals surface area contributed by atoms with Gasteiger partial charge in [0.2, 0.25) is 5.88 Å². The molecular formula is C27H21N3O3S. The molecule has 5 aromatic rings. The molecule has 0 radical (unpaired) electrons. The summed E-state index contributed by atoms with van der Waals surface area (Å²) in [4.78, 5) is 21.6. The number of carbonyl (C=O) groups is 1. The summed E-state index contributed by atoms with van der Waals surface area (Å²) in [6, 6.07) is 26.0. The molecule has 5 rings (SSSR count). The molecule has 0 atom stereocenters. The van der Waals surface area contributed by atoms with E-state index in [9.17, 15) is 4.79 Å². The van der Waals surface area contributed by atoms with Crippen molar-refractivity contribution >= 4 is 33.1 Å². The minimum Gasteiger partial charge on any atom is -0.494 e. The van der Waals surface area contributed by atoms with Crippen LogP contribution in [0.2, 0.25) is 0 Å². The lowest BCUT2D eigenvalue weighted by Crippen LogP contribution is -2.11. The van der Waals surface area contributed by atoms with Crippen LogP contribution in [0.4, 0.5) is 5.69 Å². The summed E-state index contributed by atoms with van der Waals surface area (Å²) in [5.41, 5.74) is 3.12. The average Bonchev–Trinajstić information content (AvgIpc) is 3.29. The van der Waals surface area contributed by atoms with Crippen LogP contribution in [0.15, 0.2) is 91.1 Å². The molecule has 0 saturated carbocycles. The minimum absolute atomic E-state index is 0.220. The molecule has 0 saturated heterocycles. The van der Waals surface area contributed by atoms with Gasteiger partial charge in [0.1, 0.15) is 16.5 Å². The van der Waals surface area contributed by atoms with E-state index in [4.69, 9.17) is 14.5 Å². The van der Waals surface area contributed by atoms with E-state index >= 15 is 0 Å². The number of nitrogens with zero attached hydrogens (tertiary/aromatic N) is 2. The van der Waals surface area contributed by atoms with Crippen LogP contribution in [0.5, 0.6) is 17.4 Å². The third-order valence-corrected chi connectivity index (χ3v) is 6.08. The van der Waals surface area contributed by atoms with E-state index in [1.54, 1.807) is 47.9 Å². The zero-order valence-corrected chi connectivity index (χ0v) is 19.2. The van der Waals surface area contributed by atoms with Gasteiger partial charge in [0.15, 0.2) is 0 Å². The van der Waals surface area contributed by atoms with E-state index in [2.05, 4.69) is 10.3 Å². The lowest BCUT2D eigenvalue weighted by atomic mass is 10.1. The Balaban J connectivity index is 1.28. The van der Waals surface area contributed by atoms with E-state index in [0.29, 0.717) is 29.5 Å². The second-order valence-electron chi connectivity index (χ2n) is 7.41. The third-order valence-electron chi connectivity index (χ3n) is 5.02. The second kappa shape index (κ2) is 9.72. The van der Waals surface area contributed by atoms with Crippen molar-refractivity contribution in [3.8, 4) is 28.0 Å². The Bertz CT molecular complexity index is 1430. The largest absolute Gasteiger partial charge is 0.494 e. The molecule has 0 aliphatic rings. The number of hydrogen-bond donors (Lipinski definition) is 1. The summed E-state index contributed by atoms with van der Waals surface area (Å²) in [5.74, 6) is 1.64. The van der Waals surface area contributed by atoms with Crippen LogP contribution < -0.4 is 14.8 Å². The highest BCUT2D eigenvalue weighted by molar-refractivity contribution is 7.21. The number of pyridine rings is 1. The van der Waals surface area contributed by atoms with Crippen LogP contribution in [0, 0.1) is 0 Å². The quantitative estimate of drug-likeness (QED) is 0.285. The third kappa shape index (κ3) is 4.89. The molecule has 0 aliphatic carbocycles. The molecule has 0 fully saturated rings. The molecule has 0 aliphatic heterocycles. The van der Waals surface area contributed by atoms with E-state index in [1.165, 1.54) is 0 Å². The smallest absolute Gasteiger partial charge is 0.255 e. The zero-order chi connectivity index (χ0) is 23.3. The SMILES string of the molecule is CCOc1ccc2nc(-c3ccc(NC(=O)c4cccc(Oc5ccccn5)c4)cc3)sc2c1. The predicted molar refractivity (Wildman–Crippen MR) is 135 cm³/mol. The van der Waals surface area contributed by atoms with E-state index < -0.39 is 0 Å². The first-order chi connectivity index (χ1) is 16.7. The first-order valence-electron chi connectivity index (χ1n) is 10.8. The van der Waals surface area contributed by atoms with Gasteiger partial charge in [-0.1, -0.05) is 12.1 Å². The van der Waals surface area contributed by atoms with Gasteiger partial charge < -0.3 is 14.8 Å². The number of benzene rings is 3. The highest BCUT2D eigenvalue weighted by atomic mass is 32.1. The van der Waals surface area contributed by atoms with Crippen molar-refractivity contribution in [3.05, 3.63) is 96.7 Å². The number of rotatable bonds is 7. The van der Waals surface area contributed by atoms with Crippen LogP contribution in [0.1, 0.15) is 17.3 Å². The Kier molecular flexibility index (Phi) is 6.18. The van der Waals surface area contributed by atoms with Gasteiger partial charge in [-0.25, -0.2) is 9.97 Å². The van der Waals surface area contributed by atoms with Gasteiger partial charge in [-0.15, -0.1) is 11.3 Å². The maximum absolute atomic E-state index is 12.8. The molecule has 34 heavy (non-hydrogen) atoms. The van der Waals surface area contributed by atoms with E-state index in [-0.39, 0.29) is 5.91 Å². The van der Waals surface area contributed by atoms with Crippen molar-refractivity contribution in [3.63, 3.8) is 0 Å². The van der Waals surface area contributed by atoms with Gasteiger partial charge in [0.25, 0.3) is 5.91 Å². The van der Waals surface area contributed by atoms with Crippen LogP contribution >= 0.6 is 11.3 Å². The molecule has 3 aromatic carbocycles. The number of thiazole rings is 1. The van der Waals surface area contributed by atoms with Gasteiger partial charge >= 0.3 is 0 Å². The second-order valence-corrected chi connectivity index (χ2v) is 8.44.